The van der Waals surface area contributed by atoms with Crippen LogP contribution in [0.2, 0.25) is 0 Å². The van der Waals surface area contributed by atoms with Gasteiger partial charge in [-0.25, -0.2) is 0 Å². The molecule has 0 spiro atoms. The van der Waals surface area contributed by atoms with E-state index in [-0.39, 0.29) is 0 Å². The molecule has 5 nitrogen and oxygen atoms in total. The molecule has 110 valence electrons. The topological polar surface area (TPSA) is 55.9 Å². The van der Waals surface area contributed by atoms with Crippen LogP contribution >= 0.6 is 0 Å². The second-order valence-electron chi connectivity index (χ2n) is 4.98. The number of rotatable bonds is 8. The normalized spacial score (nSPS) is 12.8. The van der Waals surface area contributed by atoms with Crippen molar-refractivity contribution in [2.45, 2.75) is 52.6 Å². The Hall–Kier alpha value is -1.62. The fourth-order valence-electron chi connectivity index (χ4n) is 2.23. The third kappa shape index (κ3) is 3.70. The number of aryl methyl sites for hydroxylation is 1. The fraction of sp³-hybridized carbons (Fsp3) is 0.600. The van der Waals surface area contributed by atoms with Crippen molar-refractivity contribution in [1.82, 2.24) is 20.1 Å². The average Bonchev–Trinajstić information content (AvgIpc) is 3.10. The highest BCUT2D eigenvalue weighted by molar-refractivity contribution is 5.15. The van der Waals surface area contributed by atoms with Crippen molar-refractivity contribution in [3.05, 3.63) is 35.8 Å². The molecule has 2 aromatic rings. The largest absolute Gasteiger partial charge is 0.423 e. The molecule has 1 atom stereocenters. The monoisotopic (exact) mass is 276 g/mol. The number of nitrogens with zero attached hydrogens (tertiary/aromatic N) is 3. The zero-order valence-electron chi connectivity index (χ0n) is 12.6. The summed E-state index contributed by atoms with van der Waals surface area (Å²) >= 11 is 0. The summed E-state index contributed by atoms with van der Waals surface area (Å²) in [5.74, 6) is 1.36. The average molecular weight is 276 g/mol. The van der Waals surface area contributed by atoms with E-state index in [1.807, 2.05) is 6.92 Å². The van der Waals surface area contributed by atoms with Crippen LogP contribution < -0.4 is 5.32 Å². The molecule has 0 aliphatic heterocycles. The van der Waals surface area contributed by atoms with E-state index in [1.54, 1.807) is 0 Å². The summed E-state index contributed by atoms with van der Waals surface area (Å²) in [6.07, 6.45) is 7.25. The summed E-state index contributed by atoms with van der Waals surface area (Å²) in [7, 11) is 0. The second kappa shape index (κ2) is 7.24. The van der Waals surface area contributed by atoms with Crippen molar-refractivity contribution in [3.63, 3.8) is 0 Å². The maximum atomic E-state index is 5.54. The molecule has 0 amide bonds. The van der Waals surface area contributed by atoms with Gasteiger partial charge in [0.15, 0.2) is 0 Å². The van der Waals surface area contributed by atoms with Crippen molar-refractivity contribution in [2.75, 3.05) is 6.54 Å². The van der Waals surface area contributed by atoms with Crippen LogP contribution in [0, 0.1) is 0 Å². The molecule has 0 aliphatic rings. The van der Waals surface area contributed by atoms with E-state index in [2.05, 4.69) is 52.4 Å². The first-order valence-electron chi connectivity index (χ1n) is 7.47. The Morgan fingerprint density at radius 3 is 2.70 bits per heavy atom. The summed E-state index contributed by atoms with van der Waals surface area (Å²) in [5.41, 5.74) is 1.32. The molecule has 2 rings (SSSR count). The Morgan fingerprint density at radius 1 is 1.25 bits per heavy atom. The maximum absolute atomic E-state index is 5.54. The smallest absolute Gasteiger partial charge is 0.236 e. The van der Waals surface area contributed by atoms with Crippen molar-refractivity contribution in [1.29, 1.82) is 0 Å². The van der Waals surface area contributed by atoms with Gasteiger partial charge in [0.1, 0.15) is 6.54 Å². The lowest BCUT2D eigenvalue weighted by Gasteiger charge is -2.14. The Bertz CT molecular complexity index is 517. The third-order valence-electron chi connectivity index (χ3n) is 3.35. The van der Waals surface area contributed by atoms with Gasteiger partial charge in [-0.15, -0.1) is 10.2 Å². The van der Waals surface area contributed by atoms with Gasteiger partial charge < -0.3 is 14.3 Å². The summed E-state index contributed by atoms with van der Waals surface area (Å²) in [6, 6.07) is 2.58. The lowest BCUT2D eigenvalue weighted by atomic mass is 10.1. The van der Waals surface area contributed by atoms with Gasteiger partial charge >= 0.3 is 0 Å². The minimum Gasteiger partial charge on any atom is -0.423 e. The van der Waals surface area contributed by atoms with Gasteiger partial charge in [-0.05, 0) is 31.0 Å². The number of nitrogens with one attached hydrogen (secondary N) is 1. The molecule has 20 heavy (non-hydrogen) atoms. The summed E-state index contributed by atoms with van der Waals surface area (Å²) in [5, 5.41) is 11.6. The van der Waals surface area contributed by atoms with Gasteiger partial charge in [-0.2, -0.15) is 0 Å². The van der Waals surface area contributed by atoms with Gasteiger partial charge in [0.05, 0.1) is 0 Å². The van der Waals surface area contributed by atoms with Crippen LogP contribution in [0.1, 0.15) is 57.0 Å². The van der Waals surface area contributed by atoms with Gasteiger partial charge in [-0.1, -0.05) is 20.8 Å². The molecule has 0 fully saturated rings. The minimum atomic E-state index is 0.421. The summed E-state index contributed by atoms with van der Waals surface area (Å²) in [4.78, 5) is 0. The van der Waals surface area contributed by atoms with Crippen LogP contribution in [-0.2, 0) is 13.0 Å². The first-order chi connectivity index (χ1) is 9.76. The number of hydrogen-bond donors (Lipinski definition) is 1. The predicted octanol–water partition coefficient (Wildman–Crippen LogP) is 2.93. The molecule has 0 aromatic carbocycles. The fourth-order valence-corrected chi connectivity index (χ4v) is 2.23. The second-order valence-corrected chi connectivity index (χ2v) is 4.98. The first-order valence-corrected chi connectivity index (χ1v) is 7.47. The first kappa shape index (κ1) is 14.8. The molecular weight excluding hydrogens is 252 g/mol. The molecule has 0 bridgehead atoms. The Kier molecular flexibility index (Phi) is 5.35. The van der Waals surface area contributed by atoms with E-state index >= 15 is 0 Å². The Morgan fingerprint density at radius 2 is 2.05 bits per heavy atom. The molecule has 0 saturated heterocycles. The highest BCUT2D eigenvalue weighted by Crippen LogP contribution is 2.17. The van der Waals surface area contributed by atoms with E-state index in [0.29, 0.717) is 24.4 Å². The van der Waals surface area contributed by atoms with Crippen LogP contribution in [0.15, 0.2) is 22.9 Å². The molecule has 2 aromatic heterocycles. The van der Waals surface area contributed by atoms with E-state index in [1.165, 1.54) is 5.56 Å². The third-order valence-corrected chi connectivity index (χ3v) is 3.35. The molecule has 5 heteroatoms. The van der Waals surface area contributed by atoms with Gasteiger partial charge in [0, 0.05) is 24.9 Å². The zero-order chi connectivity index (χ0) is 14.4. The standard InChI is InChI=1S/C15H24N4O/c1-4-8-16-13(5-2)12-7-9-19(10-12)11-15-18-17-14(6-3)20-15/h7,9-10,13,16H,4-6,8,11H2,1-3H3. The van der Waals surface area contributed by atoms with Gasteiger partial charge in [0.25, 0.3) is 0 Å². The van der Waals surface area contributed by atoms with Crippen molar-refractivity contribution >= 4 is 0 Å². The van der Waals surface area contributed by atoms with Crippen molar-refractivity contribution < 1.29 is 4.42 Å². The Balaban J connectivity index is 2.00. The molecule has 1 unspecified atom stereocenters. The van der Waals surface area contributed by atoms with Crippen LogP contribution in [0.25, 0.3) is 0 Å². The molecule has 2 heterocycles. The number of aromatic nitrogens is 3. The molecule has 1 N–H and O–H groups in total. The van der Waals surface area contributed by atoms with Crippen molar-refractivity contribution in [2.24, 2.45) is 0 Å². The molecule has 0 radical (unpaired) electrons. The molecule has 0 saturated carbocycles. The van der Waals surface area contributed by atoms with E-state index < -0.39 is 0 Å². The number of hydrogen-bond acceptors (Lipinski definition) is 4. The lowest BCUT2D eigenvalue weighted by Crippen LogP contribution is -2.21. The SMILES string of the molecule is CCCNC(CC)c1ccn(Cc2nnc(CC)o2)c1. The highest BCUT2D eigenvalue weighted by Gasteiger charge is 2.11. The van der Waals surface area contributed by atoms with Gasteiger partial charge in [0.2, 0.25) is 11.8 Å². The quantitative estimate of drug-likeness (QED) is 0.805. The zero-order valence-corrected chi connectivity index (χ0v) is 12.6. The highest BCUT2D eigenvalue weighted by atomic mass is 16.4. The van der Waals surface area contributed by atoms with Gasteiger partial charge in [-0.3, -0.25) is 0 Å². The van der Waals surface area contributed by atoms with Crippen LogP contribution in [0.5, 0.6) is 0 Å². The van der Waals surface area contributed by atoms with E-state index in [4.69, 9.17) is 4.42 Å². The molecular formula is C15H24N4O. The van der Waals surface area contributed by atoms with Crippen LogP contribution in [0.4, 0.5) is 0 Å². The van der Waals surface area contributed by atoms with Crippen LogP contribution in [0.3, 0.4) is 0 Å². The van der Waals surface area contributed by atoms with Crippen LogP contribution in [-0.4, -0.2) is 21.3 Å². The predicted molar refractivity (Wildman–Crippen MR) is 78.5 cm³/mol. The van der Waals surface area contributed by atoms with E-state index in [9.17, 15) is 0 Å². The Labute approximate surface area is 120 Å². The maximum Gasteiger partial charge on any atom is 0.236 e. The van der Waals surface area contributed by atoms with E-state index in [0.717, 1.165) is 25.8 Å². The summed E-state index contributed by atoms with van der Waals surface area (Å²) in [6.45, 7) is 8.09. The molecule has 0 aliphatic carbocycles. The van der Waals surface area contributed by atoms with Crippen molar-refractivity contribution in [3.8, 4) is 0 Å². The minimum absolute atomic E-state index is 0.421. The lowest BCUT2D eigenvalue weighted by molar-refractivity contribution is 0.442. The summed E-state index contributed by atoms with van der Waals surface area (Å²) < 4.78 is 7.63.